The molecule has 0 aliphatic carbocycles. The van der Waals surface area contributed by atoms with Gasteiger partial charge in [0.2, 0.25) is 5.91 Å². The number of rotatable bonds is 11. The number of halogens is 1. The van der Waals surface area contributed by atoms with Gasteiger partial charge in [-0.25, -0.2) is 4.39 Å². The van der Waals surface area contributed by atoms with Crippen LogP contribution in [0.25, 0.3) is 0 Å². The van der Waals surface area contributed by atoms with Gasteiger partial charge < -0.3 is 19.4 Å². The van der Waals surface area contributed by atoms with Gasteiger partial charge in [-0.2, -0.15) is 0 Å². The number of para-hydroxylation sites is 1. The molecular weight excluding hydrogens is 443 g/mol. The van der Waals surface area contributed by atoms with Gasteiger partial charge in [0.05, 0.1) is 12.4 Å². The lowest BCUT2D eigenvalue weighted by molar-refractivity contribution is -0.113. The van der Waals surface area contributed by atoms with Crippen molar-refractivity contribution in [1.29, 1.82) is 0 Å². The molecule has 7 nitrogen and oxygen atoms in total. The monoisotopic (exact) mass is 472 g/mol. The van der Waals surface area contributed by atoms with Gasteiger partial charge in [0, 0.05) is 12.2 Å². The number of carbonyl (C=O) groups is 1. The Morgan fingerprint density at radius 1 is 1.12 bits per heavy atom. The second-order valence-corrected chi connectivity index (χ2v) is 8.77. The van der Waals surface area contributed by atoms with Crippen molar-refractivity contribution in [3.05, 3.63) is 60.2 Å². The van der Waals surface area contributed by atoms with Crippen LogP contribution in [0.3, 0.4) is 0 Å². The Bertz CT molecular complexity index is 1060. The molecule has 1 amide bonds. The van der Waals surface area contributed by atoms with E-state index in [2.05, 4.69) is 29.4 Å². The Balaban J connectivity index is 1.66. The summed E-state index contributed by atoms with van der Waals surface area (Å²) in [5.74, 6) is 1.41. The lowest BCUT2D eigenvalue weighted by Gasteiger charge is -2.18. The zero-order chi connectivity index (χ0) is 23.8. The predicted octanol–water partition coefficient (Wildman–Crippen LogP) is 5.34. The number of nitrogens with one attached hydrogen (secondary N) is 1. The predicted molar refractivity (Wildman–Crippen MR) is 127 cm³/mol. The van der Waals surface area contributed by atoms with E-state index in [1.165, 1.54) is 17.8 Å². The molecule has 0 fully saturated rings. The first-order valence-corrected chi connectivity index (χ1v) is 11.9. The van der Waals surface area contributed by atoms with Crippen LogP contribution in [0.1, 0.15) is 39.6 Å². The van der Waals surface area contributed by atoms with Crippen molar-refractivity contribution in [2.75, 3.05) is 17.7 Å². The third-order valence-electron chi connectivity index (χ3n) is 4.58. The van der Waals surface area contributed by atoms with Crippen LogP contribution < -0.4 is 14.8 Å². The lowest BCUT2D eigenvalue weighted by Crippen LogP contribution is -2.17. The van der Waals surface area contributed by atoms with Gasteiger partial charge in [-0.1, -0.05) is 37.7 Å². The van der Waals surface area contributed by atoms with E-state index in [9.17, 15) is 9.18 Å². The van der Waals surface area contributed by atoms with Crippen molar-refractivity contribution in [3.63, 3.8) is 0 Å². The van der Waals surface area contributed by atoms with Crippen molar-refractivity contribution >= 4 is 23.4 Å². The Morgan fingerprint density at radius 3 is 2.52 bits per heavy atom. The zero-order valence-corrected chi connectivity index (χ0v) is 20.1. The topological polar surface area (TPSA) is 78.3 Å². The van der Waals surface area contributed by atoms with Crippen molar-refractivity contribution in [2.45, 2.75) is 45.5 Å². The van der Waals surface area contributed by atoms with Crippen molar-refractivity contribution in [2.24, 2.45) is 5.92 Å². The molecule has 0 saturated carbocycles. The Kier molecular flexibility index (Phi) is 8.71. The highest BCUT2D eigenvalue weighted by Gasteiger charge is 2.22. The number of nitrogens with zero attached hydrogens (tertiary/aromatic N) is 3. The number of amides is 1. The number of hydrogen-bond acceptors (Lipinski definition) is 6. The molecule has 0 aliphatic heterocycles. The SMILES string of the molecule is CCOc1ccc(NC(=O)CSc2nnc(C(C)Oc3ccccc3F)n2CC(C)C)cc1. The number of thioether (sulfide) groups is 1. The smallest absolute Gasteiger partial charge is 0.234 e. The molecule has 0 saturated heterocycles. The van der Waals surface area contributed by atoms with Gasteiger partial charge in [0.25, 0.3) is 0 Å². The van der Waals surface area contributed by atoms with Gasteiger partial charge in [-0.15, -0.1) is 10.2 Å². The number of benzene rings is 2. The molecule has 0 bridgehead atoms. The van der Waals surface area contributed by atoms with E-state index in [-0.39, 0.29) is 17.4 Å². The summed E-state index contributed by atoms with van der Waals surface area (Å²) in [5.41, 5.74) is 0.695. The first-order valence-electron chi connectivity index (χ1n) is 10.9. The summed E-state index contributed by atoms with van der Waals surface area (Å²) in [6.45, 7) is 9.13. The first-order chi connectivity index (χ1) is 15.9. The van der Waals surface area contributed by atoms with E-state index in [0.29, 0.717) is 35.7 Å². The van der Waals surface area contributed by atoms with Gasteiger partial charge in [0.15, 0.2) is 28.7 Å². The second-order valence-electron chi connectivity index (χ2n) is 7.83. The largest absolute Gasteiger partial charge is 0.494 e. The molecule has 33 heavy (non-hydrogen) atoms. The minimum Gasteiger partial charge on any atom is -0.494 e. The maximum Gasteiger partial charge on any atom is 0.234 e. The second kappa shape index (κ2) is 11.7. The molecule has 1 N–H and O–H groups in total. The first kappa shape index (κ1) is 24.6. The van der Waals surface area contributed by atoms with Crippen LogP contribution in [0.5, 0.6) is 11.5 Å². The number of hydrogen-bond donors (Lipinski definition) is 1. The highest BCUT2D eigenvalue weighted by Crippen LogP contribution is 2.27. The van der Waals surface area contributed by atoms with Crippen molar-refractivity contribution in [3.8, 4) is 11.5 Å². The molecule has 9 heteroatoms. The minimum absolute atomic E-state index is 0.152. The average molecular weight is 473 g/mol. The molecule has 1 unspecified atom stereocenters. The van der Waals surface area contributed by atoms with Gasteiger partial charge >= 0.3 is 0 Å². The molecule has 3 aromatic rings. The third-order valence-corrected chi connectivity index (χ3v) is 5.55. The summed E-state index contributed by atoms with van der Waals surface area (Å²) >= 11 is 1.30. The van der Waals surface area contributed by atoms with Crippen LogP contribution in [0.4, 0.5) is 10.1 Å². The summed E-state index contributed by atoms with van der Waals surface area (Å²) in [6.07, 6.45) is -0.514. The molecule has 0 aliphatic rings. The standard InChI is InChI=1S/C24H29FN4O3S/c1-5-31-19-12-10-18(11-13-19)26-22(30)15-33-24-28-27-23(29(24)14-16(2)3)17(4)32-21-9-7-6-8-20(21)25/h6-13,16-17H,5,14-15H2,1-4H3,(H,26,30). The maximum atomic E-state index is 14.0. The van der Waals surface area contributed by atoms with E-state index >= 15 is 0 Å². The van der Waals surface area contributed by atoms with E-state index in [4.69, 9.17) is 9.47 Å². The summed E-state index contributed by atoms with van der Waals surface area (Å²) in [7, 11) is 0. The maximum absolute atomic E-state index is 14.0. The quantitative estimate of drug-likeness (QED) is 0.380. The Morgan fingerprint density at radius 2 is 1.85 bits per heavy atom. The summed E-state index contributed by atoms with van der Waals surface area (Å²) in [5, 5.41) is 12.0. The van der Waals surface area contributed by atoms with Crippen molar-refractivity contribution < 1.29 is 18.7 Å². The highest BCUT2D eigenvalue weighted by molar-refractivity contribution is 7.99. The minimum atomic E-state index is -0.514. The molecular formula is C24H29FN4O3S. The van der Waals surface area contributed by atoms with Crippen molar-refractivity contribution in [1.82, 2.24) is 14.8 Å². The molecule has 176 valence electrons. The van der Waals surface area contributed by atoms with Crippen LogP contribution >= 0.6 is 11.8 Å². The molecule has 0 spiro atoms. The van der Waals surface area contributed by atoms with E-state index in [0.717, 1.165) is 5.75 Å². The fourth-order valence-electron chi connectivity index (χ4n) is 3.16. The molecule has 1 atom stereocenters. The van der Waals surface area contributed by atoms with Crippen LogP contribution in [0.2, 0.25) is 0 Å². The fourth-order valence-corrected chi connectivity index (χ4v) is 3.91. The van der Waals surface area contributed by atoms with Crippen LogP contribution in [0.15, 0.2) is 53.7 Å². The number of ether oxygens (including phenoxy) is 2. The van der Waals surface area contributed by atoms with Crippen LogP contribution in [0, 0.1) is 11.7 Å². The van der Waals surface area contributed by atoms with E-state index < -0.39 is 11.9 Å². The van der Waals surface area contributed by atoms with Crippen LogP contribution in [-0.2, 0) is 11.3 Å². The summed E-state index contributed by atoms with van der Waals surface area (Å²) in [6, 6.07) is 13.5. The average Bonchev–Trinajstić information content (AvgIpc) is 3.17. The highest BCUT2D eigenvalue weighted by atomic mass is 32.2. The van der Waals surface area contributed by atoms with Crippen LogP contribution in [-0.4, -0.2) is 33.0 Å². The zero-order valence-electron chi connectivity index (χ0n) is 19.2. The number of anilines is 1. The molecule has 3 rings (SSSR count). The van der Waals surface area contributed by atoms with Gasteiger partial charge in [-0.3, -0.25) is 4.79 Å². The fraction of sp³-hybridized carbons (Fsp3) is 0.375. The normalized spacial score (nSPS) is 11.9. The van der Waals surface area contributed by atoms with Gasteiger partial charge in [0.1, 0.15) is 5.75 Å². The molecule has 1 aromatic heterocycles. The Hall–Kier alpha value is -3.07. The summed E-state index contributed by atoms with van der Waals surface area (Å²) in [4.78, 5) is 12.5. The number of carbonyl (C=O) groups excluding carboxylic acids is 1. The molecule has 1 heterocycles. The summed E-state index contributed by atoms with van der Waals surface area (Å²) < 4.78 is 27.2. The van der Waals surface area contributed by atoms with E-state index in [1.807, 2.05) is 23.6 Å². The third kappa shape index (κ3) is 6.95. The van der Waals surface area contributed by atoms with Gasteiger partial charge in [-0.05, 0) is 56.2 Å². The van der Waals surface area contributed by atoms with E-state index in [1.54, 1.807) is 37.3 Å². The Labute approximate surface area is 197 Å². The molecule has 2 aromatic carbocycles. The lowest BCUT2D eigenvalue weighted by atomic mass is 10.2. The number of aromatic nitrogens is 3. The molecule has 0 radical (unpaired) electrons.